The predicted molar refractivity (Wildman–Crippen MR) is 136 cm³/mol. The molecule has 0 aliphatic carbocycles. The Hall–Kier alpha value is -4.68. The molecule has 0 N–H and O–H groups in total. The second-order valence-corrected chi connectivity index (χ2v) is 8.51. The summed E-state index contributed by atoms with van der Waals surface area (Å²) >= 11 is 1.10. The highest BCUT2D eigenvalue weighted by Gasteiger charge is 2.21. The van der Waals surface area contributed by atoms with E-state index in [4.69, 9.17) is 14.5 Å². The van der Waals surface area contributed by atoms with Crippen molar-refractivity contribution in [1.29, 1.82) is 5.26 Å². The van der Waals surface area contributed by atoms with Crippen LogP contribution in [0, 0.1) is 21.4 Å². The maximum atomic E-state index is 11.7. The van der Waals surface area contributed by atoms with Crippen molar-refractivity contribution >= 4 is 23.7 Å². The third-order valence-electron chi connectivity index (χ3n) is 5.40. The molecule has 0 aliphatic heterocycles. The van der Waals surface area contributed by atoms with E-state index >= 15 is 0 Å². The van der Waals surface area contributed by atoms with Crippen LogP contribution >= 0.6 is 11.8 Å². The highest BCUT2D eigenvalue weighted by Crippen LogP contribution is 2.42. The molecular weight excluding hydrogens is 478 g/mol. The lowest BCUT2D eigenvalue weighted by molar-refractivity contribution is -0.384. The SMILES string of the molecule is COc1ccc(-c2cc(-c3ccccc3)nc(Sc3ccc([N+](=O)[O-])cc3C=O)c2C#N)c(OC)c1. The van der Waals surface area contributed by atoms with E-state index in [0.29, 0.717) is 44.5 Å². The van der Waals surface area contributed by atoms with Gasteiger partial charge in [0, 0.05) is 45.3 Å². The third-order valence-corrected chi connectivity index (χ3v) is 6.48. The maximum absolute atomic E-state index is 11.7. The highest BCUT2D eigenvalue weighted by molar-refractivity contribution is 7.99. The zero-order chi connectivity index (χ0) is 25.7. The normalized spacial score (nSPS) is 10.4. The summed E-state index contributed by atoms with van der Waals surface area (Å²) in [6.07, 6.45) is 0.551. The van der Waals surface area contributed by atoms with E-state index < -0.39 is 4.92 Å². The van der Waals surface area contributed by atoms with Crippen LogP contribution in [0.2, 0.25) is 0 Å². The quantitative estimate of drug-likeness (QED) is 0.161. The summed E-state index contributed by atoms with van der Waals surface area (Å²) in [5.41, 5.74) is 2.90. The first-order valence-electron chi connectivity index (χ1n) is 10.6. The number of methoxy groups -OCH3 is 2. The molecule has 4 rings (SSSR count). The number of pyridine rings is 1. The molecule has 36 heavy (non-hydrogen) atoms. The Kier molecular flexibility index (Phi) is 7.28. The van der Waals surface area contributed by atoms with Crippen LogP contribution in [-0.4, -0.2) is 30.4 Å². The smallest absolute Gasteiger partial charge is 0.270 e. The van der Waals surface area contributed by atoms with Gasteiger partial charge in [-0.1, -0.05) is 42.1 Å². The summed E-state index contributed by atoms with van der Waals surface area (Å²) < 4.78 is 10.9. The lowest BCUT2D eigenvalue weighted by Crippen LogP contribution is -1.99. The zero-order valence-electron chi connectivity index (χ0n) is 19.3. The van der Waals surface area contributed by atoms with Crippen molar-refractivity contribution in [3.63, 3.8) is 0 Å². The lowest BCUT2D eigenvalue weighted by Gasteiger charge is -2.16. The van der Waals surface area contributed by atoms with Crippen molar-refractivity contribution in [2.45, 2.75) is 9.92 Å². The van der Waals surface area contributed by atoms with Crippen LogP contribution in [0.5, 0.6) is 11.5 Å². The Morgan fingerprint density at radius 2 is 1.78 bits per heavy atom. The Morgan fingerprint density at radius 3 is 2.42 bits per heavy atom. The number of nitriles is 1. The molecule has 4 aromatic rings. The standard InChI is InChI=1S/C27H19N3O5S/c1-34-20-9-10-21(25(13-20)35-2)22-14-24(17-6-4-3-5-7-17)29-27(23(22)15-28)36-26-11-8-19(30(32)33)12-18(26)16-31/h3-14,16H,1-2H3. The van der Waals surface area contributed by atoms with Crippen molar-refractivity contribution in [2.75, 3.05) is 14.2 Å². The summed E-state index contributed by atoms with van der Waals surface area (Å²) in [5.74, 6) is 1.11. The molecule has 0 atom stereocenters. The van der Waals surface area contributed by atoms with Gasteiger partial charge in [0.05, 0.1) is 30.4 Å². The van der Waals surface area contributed by atoms with E-state index in [-0.39, 0.29) is 16.8 Å². The number of rotatable bonds is 8. The fourth-order valence-corrected chi connectivity index (χ4v) is 4.60. The summed E-state index contributed by atoms with van der Waals surface area (Å²) in [7, 11) is 3.09. The minimum absolute atomic E-state index is 0.133. The number of hydrogen-bond donors (Lipinski definition) is 0. The molecule has 0 amide bonds. The van der Waals surface area contributed by atoms with Crippen molar-refractivity contribution in [3.05, 3.63) is 94.0 Å². The molecule has 178 valence electrons. The molecule has 0 fully saturated rings. The molecule has 0 saturated carbocycles. The third kappa shape index (κ3) is 4.89. The number of benzene rings is 3. The molecule has 1 heterocycles. The maximum Gasteiger partial charge on any atom is 0.270 e. The molecule has 1 aromatic heterocycles. The number of carbonyl (C=O) groups excluding carboxylic acids is 1. The van der Waals surface area contributed by atoms with Gasteiger partial charge in [-0.05, 0) is 24.3 Å². The van der Waals surface area contributed by atoms with Gasteiger partial charge in [-0.3, -0.25) is 14.9 Å². The largest absolute Gasteiger partial charge is 0.497 e. The second-order valence-electron chi connectivity index (χ2n) is 7.48. The van der Waals surface area contributed by atoms with Gasteiger partial charge in [-0.2, -0.15) is 5.26 Å². The number of ether oxygens (including phenoxy) is 2. The fraction of sp³-hybridized carbons (Fsp3) is 0.0741. The number of aromatic nitrogens is 1. The number of nitro benzene ring substituents is 1. The van der Waals surface area contributed by atoms with E-state index in [1.165, 1.54) is 25.3 Å². The van der Waals surface area contributed by atoms with E-state index in [1.807, 2.05) is 36.4 Å². The Labute approximate surface area is 211 Å². The van der Waals surface area contributed by atoms with Crippen LogP contribution in [0.25, 0.3) is 22.4 Å². The molecule has 0 radical (unpaired) electrons. The van der Waals surface area contributed by atoms with Crippen LogP contribution in [0.15, 0.2) is 82.7 Å². The number of nitrogens with zero attached hydrogens (tertiary/aromatic N) is 3. The molecule has 9 heteroatoms. The molecular formula is C27H19N3O5S. The van der Waals surface area contributed by atoms with E-state index in [9.17, 15) is 20.2 Å². The Morgan fingerprint density at radius 1 is 1.00 bits per heavy atom. The van der Waals surface area contributed by atoms with E-state index in [0.717, 1.165) is 17.3 Å². The average molecular weight is 498 g/mol. The van der Waals surface area contributed by atoms with Crippen LogP contribution in [0.4, 0.5) is 5.69 Å². The molecule has 3 aromatic carbocycles. The minimum Gasteiger partial charge on any atom is -0.497 e. The molecule has 0 aliphatic rings. The number of hydrogen-bond acceptors (Lipinski definition) is 8. The number of aldehydes is 1. The number of nitro groups is 1. The first kappa shape index (κ1) is 24.4. The van der Waals surface area contributed by atoms with Crippen molar-refractivity contribution < 1.29 is 19.2 Å². The summed E-state index contributed by atoms with van der Waals surface area (Å²) in [6, 6.07) is 22.8. The van der Waals surface area contributed by atoms with Crippen LogP contribution < -0.4 is 9.47 Å². The summed E-state index contributed by atoms with van der Waals surface area (Å²) in [6.45, 7) is 0. The van der Waals surface area contributed by atoms with Crippen LogP contribution in [0.1, 0.15) is 15.9 Å². The highest BCUT2D eigenvalue weighted by atomic mass is 32.2. The molecule has 0 spiro atoms. The molecule has 0 bridgehead atoms. The van der Waals surface area contributed by atoms with Gasteiger partial charge < -0.3 is 9.47 Å². The Balaban J connectivity index is 1.95. The lowest BCUT2D eigenvalue weighted by atomic mass is 9.98. The predicted octanol–water partition coefficient (Wildman–Crippen LogP) is 6.18. The molecule has 0 unspecified atom stereocenters. The Bertz CT molecular complexity index is 1500. The van der Waals surface area contributed by atoms with Gasteiger partial charge in [0.25, 0.3) is 5.69 Å². The van der Waals surface area contributed by atoms with Gasteiger partial charge >= 0.3 is 0 Å². The van der Waals surface area contributed by atoms with Gasteiger partial charge in [-0.25, -0.2) is 4.98 Å². The van der Waals surface area contributed by atoms with Crippen molar-refractivity contribution in [1.82, 2.24) is 4.98 Å². The molecule has 0 saturated heterocycles. The first-order chi connectivity index (χ1) is 17.5. The van der Waals surface area contributed by atoms with Crippen LogP contribution in [-0.2, 0) is 0 Å². The summed E-state index contributed by atoms with van der Waals surface area (Å²) in [4.78, 5) is 27.5. The zero-order valence-corrected chi connectivity index (χ0v) is 20.1. The van der Waals surface area contributed by atoms with Crippen molar-refractivity contribution in [2.24, 2.45) is 0 Å². The minimum atomic E-state index is -0.565. The van der Waals surface area contributed by atoms with Gasteiger partial charge in [0.1, 0.15) is 22.6 Å². The van der Waals surface area contributed by atoms with Crippen molar-refractivity contribution in [3.8, 4) is 40.0 Å². The number of non-ortho nitro benzene ring substituents is 1. The second kappa shape index (κ2) is 10.7. The molecule has 8 nitrogen and oxygen atoms in total. The van der Waals surface area contributed by atoms with Gasteiger partial charge in [-0.15, -0.1) is 0 Å². The van der Waals surface area contributed by atoms with Crippen LogP contribution in [0.3, 0.4) is 0 Å². The topological polar surface area (TPSA) is 115 Å². The van der Waals surface area contributed by atoms with Gasteiger partial charge in [0.15, 0.2) is 6.29 Å². The van der Waals surface area contributed by atoms with Gasteiger partial charge in [0.2, 0.25) is 0 Å². The monoisotopic (exact) mass is 497 g/mol. The van der Waals surface area contributed by atoms with E-state index in [1.54, 1.807) is 25.3 Å². The average Bonchev–Trinajstić information content (AvgIpc) is 2.92. The summed E-state index contributed by atoms with van der Waals surface area (Å²) in [5, 5.41) is 21.7. The first-order valence-corrected chi connectivity index (χ1v) is 11.4. The fourth-order valence-electron chi connectivity index (χ4n) is 3.63. The van der Waals surface area contributed by atoms with E-state index in [2.05, 4.69) is 6.07 Å². The number of carbonyl (C=O) groups is 1.